The number of imide groups is 1. The van der Waals surface area contributed by atoms with Crippen molar-refractivity contribution < 1.29 is 19.5 Å². The molecule has 2 N–H and O–H groups in total. The first kappa shape index (κ1) is 19.1. The number of carbonyl (C=O) groups excluding carboxylic acids is 3. The van der Waals surface area contributed by atoms with E-state index in [1.807, 2.05) is 4.90 Å². The summed E-state index contributed by atoms with van der Waals surface area (Å²) in [6, 6.07) is 7.32. The zero-order chi connectivity index (χ0) is 19.6. The molecule has 0 aliphatic carbocycles. The van der Waals surface area contributed by atoms with Crippen molar-refractivity contribution >= 4 is 23.4 Å². The van der Waals surface area contributed by atoms with Crippen LogP contribution in [0.2, 0.25) is 0 Å². The van der Waals surface area contributed by atoms with Gasteiger partial charge in [-0.05, 0) is 45.2 Å². The summed E-state index contributed by atoms with van der Waals surface area (Å²) in [5.41, 5.74) is 1.07. The standard InChI is InChI=1S/C20H25N3O4/c1-13-6-5-7-14(2)23(13)19(26)15-8-3-4-9-16(15)21-17-12-18(25)22(10-11-24)20(17)27/h3-4,8-9,12-14,21,24H,5-7,10-11H2,1-2H3. The Balaban J connectivity index is 1.85. The van der Waals surface area contributed by atoms with E-state index < -0.39 is 11.8 Å². The molecular weight excluding hydrogens is 346 g/mol. The Kier molecular flexibility index (Phi) is 5.60. The van der Waals surface area contributed by atoms with Crippen molar-refractivity contribution in [3.05, 3.63) is 41.6 Å². The smallest absolute Gasteiger partial charge is 0.277 e. The second kappa shape index (κ2) is 7.92. The highest BCUT2D eigenvalue weighted by atomic mass is 16.3. The van der Waals surface area contributed by atoms with Crippen LogP contribution in [0.15, 0.2) is 36.0 Å². The Bertz CT molecular complexity index is 779. The van der Waals surface area contributed by atoms with E-state index in [1.54, 1.807) is 24.3 Å². The summed E-state index contributed by atoms with van der Waals surface area (Å²) in [5.74, 6) is -1.06. The van der Waals surface area contributed by atoms with Gasteiger partial charge in [-0.1, -0.05) is 12.1 Å². The van der Waals surface area contributed by atoms with E-state index in [1.165, 1.54) is 6.08 Å². The average molecular weight is 371 g/mol. The molecule has 0 bridgehead atoms. The molecule has 2 heterocycles. The molecule has 1 aromatic rings. The van der Waals surface area contributed by atoms with Crippen LogP contribution in [0.25, 0.3) is 0 Å². The molecule has 0 saturated carbocycles. The normalized spacial score (nSPS) is 22.9. The van der Waals surface area contributed by atoms with Gasteiger partial charge < -0.3 is 15.3 Å². The number of carbonyl (C=O) groups is 3. The molecule has 1 aromatic carbocycles. The maximum absolute atomic E-state index is 13.2. The number of aliphatic hydroxyl groups excluding tert-OH is 1. The first-order chi connectivity index (χ1) is 12.9. The van der Waals surface area contributed by atoms with Gasteiger partial charge in [-0.15, -0.1) is 0 Å². The fourth-order valence-corrected chi connectivity index (χ4v) is 3.79. The van der Waals surface area contributed by atoms with Crippen LogP contribution >= 0.6 is 0 Å². The van der Waals surface area contributed by atoms with Gasteiger partial charge >= 0.3 is 0 Å². The van der Waals surface area contributed by atoms with Gasteiger partial charge in [-0.2, -0.15) is 0 Å². The zero-order valence-corrected chi connectivity index (χ0v) is 15.6. The van der Waals surface area contributed by atoms with Gasteiger partial charge in [-0.3, -0.25) is 19.3 Å². The number of para-hydroxylation sites is 1. The van der Waals surface area contributed by atoms with Crippen LogP contribution in [0.1, 0.15) is 43.5 Å². The number of rotatable bonds is 5. The minimum atomic E-state index is -0.504. The monoisotopic (exact) mass is 371 g/mol. The summed E-state index contributed by atoms with van der Waals surface area (Å²) >= 11 is 0. The summed E-state index contributed by atoms with van der Waals surface area (Å²) in [5, 5.41) is 12.0. The summed E-state index contributed by atoms with van der Waals surface area (Å²) in [7, 11) is 0. The Morgan fingerprint density at radius 3 is 2.52 bits per heavy atom. The lowest BCUT2D eigenvalue weighted by molar-refractivity contribution is -0.137. The molecule has 1 fully saturated rings. The summed E-state index contributed by atoms with van der Waals surface area (Å²) in [6.45, 7) is 3.76. The lowest BCUT2D eigenvalue weighted by Gasteiger charge is -2.39. The molecule has 0 aromatic heterocycles. The van der Waals surface area contributed by atoms with Gasteiger partial charge in [-0.25, -0.2) is 0 Å². The van der Waals surface area contributed by atoms with Crippen molar-refractivity contribution in [1.29, 1.82) is 0 Å². The number of hydrogen-bond donors (Lipinski definition) is 2. The van der Waals surface area contributed by atoms with E-state index >= 15 is 0 Å². The summed E-state index contributed by atoms with van der Waals surface area (Å²) in [6.07, 6.45) is 4.25. The highest BCUT2D eigenvalue weighted by Crippen LogP contribution is 2.28. The number of nitrogens with one attached hydrogen (secondary N) is 1. The zero-order valence-electron chi connectivity index (χ0n) is 15.6. The molecule has 3 amide bonds. The van der Waals surface area contributed by atoms with Gasteiger partial charge in [0.15, 0.2) is 0 Å². The number of benzene rings is 1. The van der Waals surface area contributed by atoms with Crippen LogP contribution < -0.4 is 5.32 Å². The Morgan fingerprint density at radius 2 is 1.85 bits per heavy atom. The van der Waals surface area contributed by atoms with E-state index in [0.717, 1.165) is 24.2 Å². The second-order valence-electron chi connectivity index (χ2n) is 7.09. The molecule has 7 nitrogen and oxygen atoms in total. The first-order valence-corrected chi connectivity index (χ1v) is 9.31. The molecule has 0 spiro atoms. The molecule has 0 radical (unpaired) electrons. The van der Waals surface area contributed by atoms with Crippen LogP contribution in [0, 0.1) is 0 Å². The number of β-amino-alcohol motifs (C(OH)–C–C–N with tert-alkyl or cyclic N) is 1. The molecule has 7 heteroatoms. The molecular formula is C20H25N3O4. The lowest BCUT2D eigenvalue weighted by atomic mass is 9.96. The number of piperidine rings is 1. The number of likely N-dealkylation sites (tertiary alicyclic amines) is 1. The fourth-order valence-electron chi connectivity index (χ4n) is 3.79. The number of hydrogen-bond acceptors (Lipinski definition) is 5. The molecule has 144 valence electrons. The SMILES string of the molecule is CC1CCCC(C)N1C(=O)c1ccccc1NC1=CC(=O)N(CCO)C1=O. The van der Waals surface area contributed by atoms with Crippen molar-refractivity contribution in [3.63, 3.8) is 0 Å². The highest BCUT2D eigenvalue weighted by molar-refractivity contribution is 6.17. The second-order valence-corrected chi connectivity index (χ2v) is 7.09. The van der Waals surface area contributed by atoms with Crippen molar-refractivity contribution in [2.45, 2.75) is 45.2 Å². The Hall–Kier alpha value is -2.67. The van der Waals surface area contributed by atoms with Gasteiger partial charge in [0.05, 0.1) is 24.4 Å². The molecule has 2 atom stereocenters. The van der Waals surface area contributed by atoms with Crippen molar-refractivity contribution in [1.82, 2.24) is 9.80 Å². The number of aliphatic hydroxyl groups is 1. The van der Waals surface area contributed by atoms with Crippen molar-refractivity contribution in [2.75, 3.05) is 18.5 Å². The van der Waals surface area contributed by atoms with Crippen LogP contribution in [0.4, 0.5) is 5.69 Å². The van der Waals surface area contributed by atoms with E-state index in [2.05, 4.69) is 19.2 Å². The maximum atomic E-state index is 13.2. The quantitative estimate of drug-likeness (QED) is 0.770. The maximum Gasteiger partial charge on any atom is 0.277 e. The van der Waals surface area contributed by atoms with Gasteiger partial charge in [0.25, 0.3) is 17.7 Å². The van der Waals surface area contributed by atoms with E-state index in [4.69, 9.17) is 5.11 Å². The van der Waals surface area contributed by atoms with Crippen LogP contribution in [-0.2, 0) is 9.59 Å². The van der Waals surface area contributed by atoms with Crippen LogP contribution in [0.3, 0.4) is 0 Å². The third kappa shape index (κ3) is 3.73. The van der Waals surface area contributed by atoms with Crippen LogP contribution in [0.5, 0.6) is 0 Å². The van der Waals surface area contributed by atoms with Crippen LogP contribution in [-0.4, -0.2) is 57.9 Å². The fraction of sp³-hybridized carbons (Fsp3) is 0.450. The van der Waals surface area contributed by atoms with Crippen molar-refractivity contribution in [3.8, 4) is 0 Å². The van der Waals surface area contributed by atoms with Gasteiger partial charge in [0.1, 0.15) is 5.70 Å². The van der Waals surface area contributed by atoms with E-state index in [0.29, 0.717) is 11.3 Å². The third-order valence-electron chi connectivity index (χ3n) is 5.19. The first-order valence-electron chi connectivity index (χ1n) is 9.31. The Labute approximate surface area is 158 Å². The lowest BCUT2D eigenvalue weighted by Crippen LogP contribution is -2.47. The number of nitrogens with zero attached hydrogens (tertiary/aromatic N) is 2. The van der Waals surface area contributed by atoms with E-state index in [9.17, 15) is 14.4 Å². The molecule has 2 aliphatic rings. The predicted molar refractivity (Wildman–Crippen MR) is 101 cm³/mol. The summed E-state index contributed by atoms with van der Waals surface area (Å²) < 4.78 is 0. The molecule has 27 heavy (non-hydrogen) atoms. The molecule has 2 unspecified atom stereocenters. The Morgan fingerprint density at radius 1 is 1.19 bits per heavy atom. The van der Waals surface area contributed by atoms with E-state index in [-0.39, 0.29) is 36.8 Å². The number of amides is 3. The van der Waals surface area contributed by atoms with Gasteiger partial charge in [0, 0.05) is 18.2 Å². The molecule has 2 aliphatic heterocycles. The minimum Gasteiger partial charge on any atom is -0.395 e. The average Bonchev–Trinajstić information content (AvgIpc) is 2.90. The highest BCUT2D eigenvalue weighted by Gasteiger charge is 2.33. The molecule has 1 saturated heterocycles. The van der Waals surface area contributed by atoms with Crippen molar-refractivity contribution in [2.24, 2.45) is 0 Å². The minimum absolute atomic E-state index is 0.0528. The topological polar surface area (TPSA) is 90.0 Å². The predicted octanol–water partition coefficient (Wildman–Crippen LogP) is 1.75. The van der Waals surface area contributed by atoms with Gasteiger partial charge in [0.2, 0.25) is 0 Å². The number of anilines is 1. The largest absolute Gasteiger partial charge is 0.395 e. The summed E-state index contributed by atoms with van der Waals surface area (Å²) in [4.78, 5) is 40.4. The molecule has 3 rings (SSSR count). The third-order valence-corrected chi connectivity index (χ3v) is 5.19.